The summed E-state index contributed by atoms with van der Waals surface area (Å²) in [6, 6.07) is 6.36. The van der Waals surface area contributed by atoms with Gasteiger partial charge in [0, 0.05) is 6.07 Å². The van der Waals surface area contributed by atoms with Crippen molar-refractivity contribution in [3.63, 3.8) is 0 Å². The van der Waals surface area contributed by atoms with E-state index < -0.39 is 23.3 Å². The molecule has 0 bridgehead atoms. The van der Waals surface area contributed by atoms with Crippen LogP contribution in [0.1, 0.15) is 5.56 Å². The first-order chi connectivity index (χ1) is 8.56. The summed E-state index contributed by atoms with van der Waals surface area (Å²) in [5.41, 5.74) is 0.388. The third-order valence-corrected chi connectivity index (χ3v) is 2.28. The zero-order chi connectivity index (χ0) is 13.1. The molecule has 0 aromatic heterocycles. The van der Waals surface area contributed by atoms with Gasteiger partial charge in [0.05, 0.1) is 0 Å². The van der Waals surface area contributed by atoms with Crippen LogP contribution in [0.2, 0.25) is 0 Å². The van der Waals surface area contributed by atoms with Gasteiger partial charge < -0.3 is 4.74 Å². The molecule has 2 aromatic rings. The van der Waals surface area contributed by atoms with E-state index in [-0.39, 0.29) is 12.4 Å². The summed E-state index contributed by atoms with van der Waals surface area (Å²) in [4.78, 5) is 0. The van der Waals surface area contributed by atoms with Gasteiger partial charge in [-0.1, -0.05) is 6.07 Å². The van der Waals surface area contributed by atoms with Gasteiger partial charge in [-0.3, -0.25) is 0 Å². The molecule has 2 rings (SSSR count). The molecular formula is C13H8F4O. The number of ether oxygens (including phenoxy) is 1. The first-order valence-corrected chi connectivity index (χ1v) is 5.08. The second-order valence-electron chi connectivity index (χ2n) is 3.61. The molecular weight excluding hydrogens is 248 g/mol. The first-order valence-electron chi connectivity index (χ1n) is 5.08. The van der Waals surface area contributed by atoms with Gasteiger partial charge in [0.1, 0.15) is 12.4 Å². The monoisotopic (exact) mass is 256 g/mol. The van der Waals surface area contributed by atoms with E-state index in [0.717, 1.165) is 24.3 Å². The van der Waals surface area contributed by atoms with Crippen LogP contribution in [0.5, 0.6) is 5.75 Å². The fraction of sp³-hybridized carbons (Fsp3) is 0.0769. The molecule has 0 amide bonds. The molecule has 0 radical (unpaired) electrons. The van der Waals surface area contributed by atoms with Crippen LogP contribution in [0.4, 0.5) is 17.6 Å². The Morgan fingerprint density at radius 3 is 1.94 bits per heavy atom. The number of rotatable bonds is 3. The maximum Gasteiger partial charge on any atom is 0.162 e. The molecule has 0 aliphatic carbocycles. The second-order valence-corrected chi connectivity index (χ2v) is 3.61. The Morgan fingerprint density at radius 1 is 0.722 bits per heavy atom. The minimum absolute atomic E-state index is 0.0672. The topological polar surface area (TPSA) is 9.23 Å². The van der Waals surface area contributed by atoms with Gasteiger partial charge in [0.2, 0.25) is 0 Å². The molecule has 0 spiro atoms. The average Bonchev–Trinajstić information content (AvgIpc) is 2.35. The highest BCUT2D eigenvalue weighted by Crippen LogP contribution is 2.17. The highest BCUT2D eigenvalue weighted by Gasteiger charge is 2.05. The van der Waals surface area contributed by atoms with Crippen LogP contribution in [-0.4, -0.2) is 0 Å². The summed E-state index contributed by atoms with van der Waals surface area (Å²) in [5.74, 6) is -3.83. The van der Waals surface area contributed by atoms with E-state index in [1.165, 1.54) is 12.1 Å². The quantitative estimate of drug-likeness (QED) is 0.758. The highest BCUT2D eigenvalue weighted by molar-refractivity contribution is 5.24. The zero-order valence-electron chi connectivity index (χ0n) is 9.09. The second kappa shape index (κ2) is 5.08. The van der Waals surface area contributed by atoms with Crippen molar-refractivity contribution >= 4 is 0 Å². The van der Waals surface area contributed by atoms with Crippen LogP contribution in [-0.2, 0) is 6.61 Å². The predicted molar refractivity (Wildman–Crippen MR) is 57.0 cm³/mol. The number of hydrogen-bond acceptors (Lipinski definition) is 1. The molecule has 0 atom stereocenters. The number of benzene rings is 2. The summed E-state index contributed by atoms with van der Waals surface area (Å²) < 4.78 is 56.2. The molecule has 0 saturated heterocycles. The zero-order valence-corrected chi connectivity index (χ0v) is 9.09. The molecule has 0 unspecified atom stereocenters. The maximum atomic E-state index is 12.9. The molecule has 1 nitrogen and oxygen atoms in total. The Kier molecular flexibility index (Phi) is 3.50. The molecule has 5 heteroatoms. The van der Waals surface area contributed by atoms with Crippen LogP contribution >= 0.6 is 0 Å². The molecule has 2 aromatic carbocycles. The molecule has 0 saturated carbocycles. The smallest absolute Gasteiger partial charge is 0.162 e. The molecule has 0 N–H and O–H groups in total. The SMILES string of the molecule is Fc1ccc(COc2ccc(F)c(F)c2)cc1F. The first kappa shape index (κ1) is 12.4. The van der Waals surface area contributed by atoms with E-state index in [0.29, 0.717) is 5.56 Å². The lowest BCUT2D eigenvalue weighted by molar-refractivity contribution is 0.302. The summed E-state index contributed by atoms with van der Waals surface area (Å²) >= 11 is 0. The standard InChI is InChI=1S/C13H8F4O/c14-10-3-1-8(5-12(10)16)7-18-9-2-4-11(15)13(17)6-9/h1-6H,7H2. The highest BCUT2D eigenvalue weighted by atomic mass is 19.2. The Hall–Kier alpha value is -2.04. The van der Waals surface area contributed by atoms with Crippen molar-refractivity contribution in [3.8, 4) is 5.75 Å². The summed E-state index contributed by atoms with van der Waals surface area (Å²) in [6.07, 6.45) is 0. The normalized spacial score (nSPS) is 10.4. The van der Waals surface area contributed by atoms with Gasteiger partial charge in [-0.15, -0.1) is 0 Å². The molecule has 94 valence electrons. The van der Waals surface area contributed by atoms with Gasteiger partial charge in [-0.2, -0.15) is 0 Å². The van der Waals surface area contributed by atoms with Crippen molar-refractivity contribution in [3.05, 3.63) is 65.2 Å². The minimum atomic E-state index is -1.03. The van der Waals surface area contributed by atoms with Gasteiger partial charge in [-0.05, 0) is 29.8 Å². The lowest BCUT2D eigenvalue weighted by Crippen LogP contribution is -1.98. The Bertz CT molecular complexity index is 517. The minimum Gasteiger partial charge on any atom is -0.489 e. The fourth-order valence-electron chi connectivity index (χ4n) is 1.36. The van der Waals surface area contributed by atoms with Crippen molar-refractivity contribution in [2.24, 2.45) is 0 Å². The van der Waals surface area contributed by atoms with Crippen LogP contribution in [0.25, 0.3) is 0 Å². The van der Waals surface area contributed by atoms with Gasteiger partial charge in [-0.25, -0.2) is 17.6 Å². The fourth-order valence-corrected chi connectivity index (χ4v) is 1.36. The van der Waals surface area contributed by atoms with Crippen molar-refractivity contribution in [1.29, 1.82) is 0 Å². The third-order valence-electron chi connectivity index (χ3n) is 2.28. The van der Waals surface area contributed by atoms with Crippen molar-refractivity contribution in [2.75, 3.05) is 0 Å². The van der Waals surface area contributed by atoms with Crippen molar-refractivity contribution in [2.45, 2.75) is 6.61 Å². The van der Waals surface area contributed by atoms with E-state index in [4.69, 9.17) is 4.74 Å². The predicted octanol–water partition coefficient (Wildman–Crippen LogP) is 3.82. The largest absolute Gasteiger partial charge is 0.489 e. The van der Waals surface area contributed by atoms with E-state index in [1.807, 2.05) is 0 Å². The maximum absolute atomic E-state index is 12.9. The van der Waals surface area contributed by atoms with Crippen molar-refractivity contribution in [1.82, 2.24) is 0 Å². The molecule has 0 aliphatic heterocycles. The van der Waals surface area contributed by atoms with E-state index >= 15 is 0 Å². The lowest BCUT2D eigenvalue weighted by Gasteiger charge is -2.06. The third kappa shape index (κ3) is 2.80. The van der Waals surface area contributed by atoms with Crippen LogP contribution in [0.3, 0.4) is 0 Å². The van der Waals surface area contributed by atoms with Crippen LogP contribution < -0.4 is 4.74 Å². The Labute approximate surface area is 101 Å². The Balaban J connectivity index is 2.06. The number of hydrogen-bond donors (Lipinski definition) is 0. The van der Waals surface area contributed by atoms with E-state index in [9.17, 15) is 17.6 Å². The van der Waals surface area contributed by atoms with E-state index in [1.54, 1.807) is 0 Å². The summed E-state index contributed by atoms with van der Waals surface area (Å²) in [5, 5.41) is 0. The van der Waals surface area contributed by atoms with Gasteiger partial charge >= 0.3 is 0 Å². The summed E-state index contributed by atoms with van der Waals surface area (Å²) in [7, 11) is 0. The average molecular weight is 256 g/mol. The van der Waals surface area contributed by atoms with E-state index in [2.05, 4.69) is 0 Å². The lowest BCUT2D eigenvalue weighted by atomic mass is 10.2. The molecule has 0 fully saturated rings. The molecule has 0 aliphatic rings. The van der Waals surface area contributed by atoms with Crippen LogP contribution in [0.15, 0.2) is 36.4 Å². The molecule has 0 heterocycles. The van der Waals surface area contributed by atoms with Crippen molar-refractivity contribution < 1.29 is 22.3 Å². The number of halogens is 4. The van der Waals surface area contributed by atoms with Gasteiger partial charge in [0.25, 0.3) is 0 Å². The summed E-state index contributed by atoms with van der Waals surface area (Å²) in [6.45, 7) is -0.0672. The Morgan fingerprint density at radius 2 is 1.33 bits per heavy atom. The van der Waals surface area contributed by atoms with Crippen LogP contribution in [0, 0.1) is 23.3 Å². The molecule has 18 heavy (non-hydrogen) atoms. The van der Waals surface area contributed by atoms with Gasteiger partial charge in [0.15, 0.2) is 23.3 Å².